The number of hydrogen-bond acceptors (Lipinski definition) is 6. The van der Waals surface area contributed by atoms with Gasteiger partial charge < -0.3 is 11.1 Å². The third-order valence-electron chi connectivity index (χ3n) is 6.39. The highest BCUT2D eigenvalue weighted by Gasteiger charge is 2.34. The lowest BCUT2D eigenvalue weighted by Gasteiger charge is -2.34. The van der Waals surface area contributed by atoms with Gasteiger partial charge in [-0.25, -0.2) is 8.42 Å². The van der Waals surface area contributed by atoms with Gasteiger partial charge in [-0.05, 0) is 37.1 Å². The summed E-state index contributed by atoms with van der Waals surface area (Å²) in [6.45, 7) is 6.88. The van der Waals surface area contributed by atoms with Crippen molar-refractivity contribution in [1.82, 2.24) is 9.88 Å². The van der Waals surface area contributed by atoms with Crippen LogP contribution in [0.15, 0.2) is 77.8 Å². The number of rotatable bonds is 6. The Morgan fingerprint density at radius 3 is 2.46 bits per heavy atom. The van der Waals surface area contributed by atoms with Crippen molar-refractivity contribution >= 4 is 27.3 Å². The second kappa shape index (κ2) is 11.1. The van der Waals surface area contributed by atoms with E-state index in [1.807, 2.05) is 32.1 Å². The van der Waals surface area contributed by atoms with Crippen LogP contribution in [0, 0.1) is 0 Å². The molecule has 3 N–H and O–H groups in total. The number of piperidine rings is 1. The average molecular weight is 491 g/mol. The van der Waals surface area contributed by atoms with E-state index in [9.17, 15) is 8.42 Å². The second-order valence-electron chi connectivity index (χ2n) is 8.73. The first-order chi connectivity index (χ1) is 17.0. The number of nitrogens with one attached hydrogen (secondary N) is 1. The number of fused-ring (bicyclic) bond motifs is 1. The van der Waals surface area contributed by atoms with Crippen molar-refractivity contribution < 1.29 is 8.42 Å². The van der Waals surface area contributed by atoms with Gasteiger partial charge in [0.2, 0.25) is 0 Å². The van der Waals surface area contributed by atoms with Crippen molar-refractivity contribution in [1.29, 1.82) is 0 Å². The van der Waals surface area contributed by atoms with Gasteiger partial charge in [-0.2, -0.15) is 0 Å². The van der Waals surface area contributed by atoms with Crippen LogP contribution >= 0.6 is 0 Å². The zero-order valence-corrected chi connectivity index (χ0v) is 21.2. The molecule has 7 heteroatoms. The maximum absolute atomic E-state index is 13.3. The van der Waals surface area contributed by atoms with Gasteiger partial charge >= 0.3 is 0 Å². The molecule has 2 aliphatic rings. The number of nitrogens with zero attached hydrogens (tertiary/aromatic N) is 2. The Bertz CT molecular complexity index is 1260. The summed E-state index contributed by atoms with van der Waals surface area (Å²) < 4.78 is 26.5. The standard InChI is InChI=1S/C26H28N4O2S.C2H6/c27-23-16-28-26-22(13-14-24(26)33(31,32)21-11-5-2-6-12-21)25(23)29-20-10-7-15-30(18-20)17-19-8-3-1-4-9-19;1-2/h1-6,8-9,11-14,16,20,24H,7,10,15,17-18,27H2,(H,28,29);1-2H3/t20-,24?;/m1./s1. The smallest absolute Gasteiger partial charge is 0.190 e. The zero-order chi connectivity index (χ0) is 24.8. The molecule has 0 spiro atoms. The Kier molecular flexibility index (Phi) is 7.88. The molecule has 0 amide bonds. The quantitative estimate of drug-likeness (QED) is 0.487. The van der Waals surface area contributed by atoms with E-state index in [0.29, 0.717) is 16.3 Å². The van der Waals surface area contributed by atoms with Gasteiger partial charge in [0.05, 0.1) is 28.2 Å². The highest BCUT2D eigenvalue weighted by molar-refractivity contribution is 7.91. The summed E-state index contributed by atoms with van der Waals surface area (Å²) in [6, 6.07) is 19.3. The van der Waals surface area contributed by atoms with E-state index in [-0.39, 0.29) is 6.04 Å². The van der Waals surface area contributed by atoms with Crippen LogP contribution in [0.3, 0.4) is 0 Å². The summed E-state index contributed by atoms with van der Waals surface area (Å²) in [5.74, 6) is 0. The summed E-state index contributed by atoms with van der Waals surface area (Å²) in [7, 11) is -3.58. The fraction of sp³-hybridized carbons (Fsp3) is 0.321. The number of likely N-dealkylation sites (tertiary alicyclic amines) is 1. The zero-order valence-electron chi connectivity index (χ0n) is 20.4. The maximum Gasteiger partial charge on any atom is 0.190 e. The third-order valence-corrected chi connectivity index (χ3v) is 8.37. The lowest BCUT2D eigenvalue weighted by molar-refractivity contribution is 0.208. The first-order valence-electron chi connectivity index (χ1n) is 12.3. The molecule has 0 saturated carbocycles. The first-order valence-corrected chi connectivity index (χ1v) is 13.9. The number of pyridine rings is 1. The van der Waals surface area contributed by atoms with E-state index in [2.05, 4.69) is 39.5 Å². The number of anilines is 2. The van der Waals surface area contributed by atoms with E-state index < -0.39 is 15.1 Å². The summed E-state index contributed by atoms with van der Waals surface area (Å²) in [4.78, 5) is 7.19. The van der Waals surface area contributed by atoms with Gasteiger partial charge in [0, 0.05) is 24.7 Å². The van der Waals surface area contributed by atoms with Gasteiger partial charge in [-0.1, -0.05) is 74.5 Å². The number of aromatic nitrogens is 1. The lowest BCUT2D eigenvalue weighted by Crippen LogP contribution is -2.41. The highest BCUT2D eigenvalue weighted by Crippen LogP contribution is 2.41. The van der Waals surface area contributed by atoms with Crippen LogP contribution in [0.2, 0.25) is 0 Å². The lowest BCUT2D eigenvalue weighted by atomic mass is 10.0. The van der Waals surface area contributed by atoms with Crippen molar-refractivity contribution in [3.63, 3.8) is 0 Å². The topological polar surface area (TPSA) is 88.3 Å². The van der Waals surface area contributed by atoms with E-state index in [1.54, 1.807) is 36.5 Å². The minimum absolute atomic E-state index is 0.231. The Morgan fingerprint density at radius 2 is 1.74 bits per heavy atom. The largest absolute Gasteiger partial charge is 0.396 e. The molecule has 2 aromatic carbocycles. The number of nitrogens with two attached hydrogens (primary N) is 1. The van der Waals surface area contributed by atoms with Gasteiger partial charge in [-0.15, -0.1) is 0 Å². The third kappa shape index (κ3) is 5.41. The molecule has 184 valence electrons. The van der Waals surface area contributed by atoms with Crippen LogP contribution in [0.4, 0.5) is 11.4 Å². The molecule has 3 aromatic rings. The molecule has 2 heterocycles. The van der Waals surface area contributed by atoms with Crippen LogP contribution < -0.4 is 11.1 Å². The minimum Gasteiger partial charge on any atom is -0.396 e. The Labute approximate surface area is 208 Å². The van der Waals surface area contributed by atoms with Crippen molar-refractivity contribution in [3.05, 3.63) is 89.8 Å². The van der Waals surface area contributed by atoms with Crippen molar-refractivity contribution in [3.8, 4) is 0 Å². The molecule has 2 atom stereocenters. The van der Waals surface area contributed by atoms with Crippen LogP contribution in [0.1, 0.15) is 48.8 Å². The Morgan fingerprint density at radius 1 is 1.06 bits per heavy atom. The molecule has 1 saturated heterocycles. The van der Waals surface area contributed by atoms with Gasteiger partial charge in [0.15, 0.2) is 9.84 Å². The molecule has 6 nitrogen and oxygen atoms in total. The highest BCUT2D eigenvalue weighted by atomic mass is 32.2. The van der Waals surface area contributed by atoms with Gasteiger partial charge in [0.25, 0.3) is 0 Å². The molecule has 0 bridgehead atoms. The van der Waals surface area contributed by atoms with Gasteiger partial charge in [-0.3, -0.25) is 9.88 Å². The molecule has 0 radical (unpaired) electrons. The SMILES string of the molecule is CC.Nc1cnc2c(c1N[C@@H]1CCCN(Cc3ccccc3)C1)C=CC2S(=O)(=O)c1ccccc1. The monoisotopic (exact) mass is 490 g/mol. The van der Waals surface area contributed by atoms with Gasteiger partial charge in [0.1, 0.15) is 5.25 Å². The summed E-state index contributed by atoms with van der Waals surface area (Å²) >= 11 is 0. The fourth-order valence-corrected chi connectivity index (χ4v) is 6.35. The molecular formula is C28H34N4O2S. The van der Waals surface area contributed by atoms with Crippen LogP contribution in [0.25, 0.3) is 6.08 Å². The fourth-order valence-electron chi connectivity index (χ4n) is 4.76. The molecular weight excluding hydrogens is 456 g/mol. The van der Waals surface area contributed by atoms with Crippen molar-refractivity contribution in [2.24, 2.45) is 0 Å². The average Bonchev–Trinajstić information content (AvgIpc) is 3.34. The van der Waals surface area contributed by atoms with E-state index >= 15 is 0 Å². The van der Waals surface area contributed by atoms with E-state index in [1.165, 1.54) is 5.56 Å². The number of nitrogen functional groups attached to an aromatic ring is 1. The molecule has 35 heavy (non-hydrogen) atoms. The number of sulfone groups is 1. The number of hydrogen-bond donors (Lipinski definition) is 2. The number of benzene rings is 2. The molecule has 1 fully saturated rings. The van der Waals surface area contributed by atoms with Crippen LogP contribution in [-0.4, -0.2) is 37.4 Å². The molecule has 1 aromatic heterocycles. The molecule has 1 unspecified atom stereocenters. The predicted octanol–water partition coefficient (Wildman–Crippen LogP) is 5.31. The molecule has 1 aliphatic carbocycles. The van der Waals surface area contributed by atoms with Crippen LogP contribution in [0.5, 0.6) is 0 Å². The van der Waals surface area contributed by atoms with E-state index in [0.717, 1.165) is 43.7 Å². The van der Waals surface area contributed by atoms with Crippen molar-refractivity contribution in [2.75, 3.05) is 24.1 Å². The Balaban J connectivity index is 0.00000141. The van der Waals surface area contributed by atoms with Crippen molar-refractivity contribution in [2.45, 2.75) is 49.4 Å². The summed E-state index contributed by atoms with van der Waals surface area (Å²) in [5.41, 5.74) is 10.3. The first kappa shape index (κ1) is 24.9. The minimum atomic E-state index is -3.58. The summed E-state index contributed by atoms with van der Waals surface area (Å²) in [6.07, 6.45) is 7.27. The normalized spacial score (nSPS) is 19.5. The molecule has 1 aliphatic heterocycles. The second-order valence-corrected chi connectivity index (χ2v) is 10.8. The Hall–Kier alpha value is -3.16. The van der Waals surface area contributed by atoms with Crippen LogP contribution in [-0.2, 0) is 16.4 Å². The maximum atomic E-state index is 13.3. The summed E-state index contributed by atoms with van der Waals surface area (Å²) in [5, 5.41) is 2.82. The predicted molar refractivity (Wildman–Crippen MR) is 144 cm³/mol. The van der Waals surface area contributed by atoms with E-state index in [4.69, 9.17) is 5.73 Å². The molecule has 5 rings (SSSR count).